The van der Waals surface area contributed by atoms with Crippen LogP contribution < -0.4 is 0 Å². The highest BCUT2D eigenvalue weighted by Crippen LogP contribution is 2.33. The summed E-state index contributed by atoms with van der Waals surface area (Å²) in [6.45, 7) is 4.14. The van der Waals surface area contributed by atoms with Crippen LogP contribution in [0.25, 0.3) is 0 Å². The normalized spacial score (nSPS) is 23.8. The van der Waals surface area contributed by atoms with Gasteiger partial charge in [0.25, 0.3) is 0 Å². The molecule has 0 aromatic carbocycles. The molecular weight excluding hydrogens is 154 g/mol. The van der Waals surface area contributed by atoms with E-state index in [1.165, 1.54) is 0 Å². The number of carbonyl (C=O) groups is 1. The maximum Gasteiger partial charge on any atom is 0.303 e. The summed E-state index contributed by atoms with van der Waals surface area (Å²) in [4.78, 5) is 12.8. The van der Waals surface area contributed by atoms with Gasteiger partial charge in [0, 0.05) is 0 Å². The van der Waals surface area contributed by atoms with Gasteiger partial charge in [-0.25, -0.2) is 0 Å². The Bertz CT molecular complexity index is 171. The van der Waals surface area contributed by atoms with Crippen molar-refractivity contribution in [1.82, 2.24) is 4.90 Å². The molecule has 0 aliphatic carbocycles. The molecule has 0 radical (unpaired) electrons. The van der Waals surface area contributed by atoms with Gasteiger partial charge < -0.3 is 10.0 Å². The Balaban J connectivity index is 2.44. The Kier molecular flexibility index (Phi) is 2.73. The van der Waals surface area contributed by atoms with Crippen molar-refractivity contribution in [2.75, 3.05) is 20.1 Å². The van der Waals surface area contributed by atoms with Gasteiger partial charge in [0.05, 0.1) is 6.42 Å². The van der Waals surface area contributed by atoms with Crippen LogP contribution in [0.2, 0.25) is 0 Å². The number of nitrogens with zero attached hydrogens (tertiary/aromatic N) is 1. The molecule has 0 unspecified atom stereocenters. The monoisotopic (exact) mass is 171 g/mol. The molecule has 3 heteroatoms. The highest BCUT2D eigenvalue weighted by Gasteiger charge is 2.30. The second-order valence-corrected chi connectivity index (χ2v) is 4.18. The zero-order chi connectivity index (χ0) is 9.19. The van der Waals surface area contributed by atoms with E-state index in [2.05, 4.69) is 18.9 Å². The van der Waals surface area contributed by atoms with E-state index in [0.29, 0.717) is 6.42 Å². The maximum absolute atomic E-state index is 10.5. The van der Waals surface area contributed by atoms with E-state index in [0.717, 1.165) is 25.9 Å². The summed E-state index contributed by atoms with van der Waals surface area (Å²) >= 11 is 0. The van der Waals surface area contributed by atoms with E-state index in [1.54, 1.807) is 0 Å². The lowest BCUT2D eigenvalue weighted by atomic mass is 9.78. The van der Waals surface area contributed by atoms with E-state index in [-0.39, 0.29) is 5.41 Å². The lowest BCUT2D eigenvalue weighted by Gasteiger charge is -2.36. The first-order chi connectivity index (χ1) is 5.52. The van der Waals surface area contributed by atoms with Crippen LogP contribution in [0, 0.1) is 5.41 Å². The fourth-order valence-corrected chi connectivity index (χ4v) is 1.70. The van der Waals surface area contributed by atoms with Crippen LogP contribution in [0.1, 0.15) is 26.2 Å². The molecule has 0 atom stereocenters. The average molecular weight is 171 g/mol. The van der Waals surface area contributed by atoms with Gasteiger partial charge in [0.1, 0.15) is 0 Å². The maximum atomic E-state index is 10.5. The molecule has 0 aromatic rings. The van der Waals surface area contributed by atoms with Crippen LogP contribution in [-0.4, -0.2) is 36.1 Å². The first-order valence-electron chi connectivity index (χ1n) is 4.42. The molecule has 12 heavy (non-hydrogen) atoms. The molecule has 0 amide bonds. The SMILES string of the molecule is CN1CCC(C)(CC(=O)O)CC1. The summed E-state index contributed by atoms with van der Waals surface area (Å²) in [7, 11) is 2.08. The Hall–Kier alpha value is -0.570. The average Bonchev–Trinajstić information content (AvgIpc) is 1.94. The van der Waals surface area contributed by atoms with Gasteiger partial charge in [-0.2, -0.15) is 0 Å². The standard InChI is InChI=1S/C9H17NO2/c1-9(7-8(11)12)3-5-10(2)6-4-9/h3-7H2,1-2H3,(H,11,12). The summed E-state index contributed by atoms with van der Waals surface area (Å²) in [5.41, 5.74) is 0.0400. The molecular formula is C9H17NO2. The number of aliphatic carboxylic acids is 1. The molecule has 0 aromatic heterocycles. The number of hydrogen-bond donors (Lipinski definition) is 1. The van der Waals surface area contributed by atoms with Crippen molar-refractivity contribution >= 4 is 5.97 Å². The van der Waals surface area contributed by atoms with Crippen LogP contribution in [0.4, 0.5) is 0 Å². The van der Waals surface area contributed by atoms with Crippen molar-refractivity contribution in [3.63, 3.8) is 0 Å². The molecule has 0 saturated carbocycles. The predicted octanol–water partition coefficient (Wildman–Crippen LogP) is 1.19. The van der Waals surface area contributed by atoms with E-state index in [1.807, 2.05) is 0 Å². The number of hydrogen-bond acceptors (Lipinski definition) is 2. The molecule has 1 rings (SSSR count). The van der Waals surface area contributed by atoms with Gasteiger partial charge in [-0.1, -0.05) is 6.92 Å². The van der Waals surface area contributed by atoms with Crippen LogP contribution in [0.5, 0.6) is 0 Å². The van der Waals surface area contributed by atoms with E-state index in [9.17, 15) is 4.79 Å². The molecule has 1 aliphatic rings. The third-order valence-electron chi connectivity index (χ3n) is 2.77. The molecule has 1 aliphatic heterocycles. The Morgan fingerprint density at radius 2 is 2.00 bits per heavy atom. The highest BCUT2D eigenvalue weighted by molar-refractivity contribution is 5.67. The minimum absolute atomic E-state index is 0.0400. The lowest BCUT2D eigenvalue weighted by molar-refractivity contribution is -0.140. The van der Waals surface area contributed by atoms with Crippen molar-refractivity contribution in [1.29, 1.82) is 0 Å². The van der Waals surface area contributed by atoms with Crippen LogP contribution >= 0.6 is 0 Å². The zero-order valence-electron chi connectivity index (χ0n) is 7.84. The summed E-state index contributed by atoms with van der Waals surface area (Å²) in [6.07, 6.45) is 2.34. The van der Waals surface area contributed by atoms with Gasteiger partial charge >= 0.3 is 5.97 Å². The van der Waals surface area contributed by atoms with Gasteiger partial charge in [0.15, 0.2) is 0 Å². The fourth-order valence-electron chi connectivity index (χ4n) is 1.70. The first-order valence-corrected chi connectivity index (χ1v) is 4.42. The molecule has 1 saturated heterocycles. The number of likely N-dealkylation sites (tertiary alicyclic amines) is 1. The van der Waals surface area contributed by atoms with Crippen molar-refractivity contribution in [3.8, 4) is 0 Å². The van der Waals surface area contributed by atoms with Crippen molar-refractivity contribution in [3.05, 3.63) is 0 Å². The smallest absolute Gasteiger partial charge is 0.303 e. The van der Waals surface area contributed by atoms with Gasteiger partial charge in [-0.15, -0.1) is 0 Å². The molecule has 0 bridgehead atoms. The fraction of sp³-hybridized carbons (Fsp3) is 0.889. The second-order valence-electron chi connectivity index (χ2n) is 4.18. The molecule has 1 heterocycles. The van der Waals surface area contributed by atoms with Crippen LogP contribution in [-0.2, 0) is 4.79 Å². The molecule has 0 spiro atoms. The minimum atomic E-state index is -0.665. The summed E-state index contributed by atoms with van der Waals surface area (Å²) in [5, 5.41) is 8.68. The second kappa shape index (κ2) is 3.44. The number of piperidine rings is 1. The Morgan fingerprint density at radius 1 is 1.50 bits per heavy atom. The van der Waals surface area contributed by atoms with Gasteiger partial charge in [0.2, 0.25) is 0 Å². The quantitative estimate of drug-likeness (QED) is 0.678. The summed E-state index contributed by atoms with van der Waals surface area (Å²) in [6, 6.07) is 0. The Morgan fingerprint density at radius 3 is 2.42 bits per heavy atom. The predicted molar refractivity (Wildman–Crippen MR) is 47.1 cm³/mol. The molecule has 1 fully saturated rings. The van der Waals surface area contributed by atoms with E-state index >= 15 is 0 Å². The third-order valence-corrected chi connectivity index (χ3v) is 2.77. The lowest BCUT2D eigenvalue weighted by Crippen LogP contribution is -2.37. The van der Waals surface area contributed by atoms with Crippen molar-refractivity contribution in [2.45, 2.75) is 26.2 Å². The molecule has 3 nitrogen and oxygen atoms in total. The molecule has 1 N–H and O–H groups in total. The van der Waals surface area contributed by atoms with Crippen molar-refractivity contribution in [2.24, 2.45) is 5.41 Å². The third kappa shape index (κ3) is 2.48. The molecule has 70 valence electrons. The summed E-state index contributed by atoms with van der Waals surface area (Å²) < 4.78 is 0. The highest BCUT2D eigenvalue weighted by atomic mass is 16.4. The van der Waals surface area contributed by atoms with Gasteiger partial charge in [-0.05, 0) is 38.4 Å². The van der Waals surface area contributed by atoms with E-state index < -0.39 is 5.97 Å². The van der Waals surface area contributed by atoms with Crippen molar-refractivity contribution < 1.29 is 9.90 Å². The zero-order valence-corrected chi connectivity index (χ0v) is 7.84. The van der Waals surface area contributed by atoms with E-state index in [4.69, 9.17) is 5.11 Å². The number of carboxylic acid groups (broad SMARTS) is 1. The van der Waals surface area contributed by atoms with Crippen LogP contribution in [0.15, 0.2) is 0 Å². The van der Waals surface area contributed by atoms with Gasteiger partial charge in [-0.3, -0.25) is 4.79 Å². The minimum Gasteiger partial charge on any atom is -0.481 e. The number of carboxylic acids is 1. The Labute approximate surface area is 73.4 Å². The first kappa shape index (κ1) is 9.52. The van der Waals surface area contributed by atoms with Crippen LogP contribution in [0.3, 0.4) is 0 Å². The summed E-state index contributed by atoms with van der Waals surface area (Å²) in [5.74, 6) is -0.665. The topological polar surface area (TPSA) is 40.5 Å². The largest absolute Gasteiger partial charge is 0.481 e. The number of rotatable bonds is 2.